The normalized spacial score (nSPS) is 34.7. The van der Waals surface area contributed by atoms with Crippen LogP contribution in [0.5, 0.6) is 0 Å². The van der Waals surface area contributed by atoms with Gasteiger partial charge in [-0.15, -0.1) is 0 Å². The van der Waals surface area contributed by atoms with Gasteiger partial charge in [-0.1, -0.05) is 20.3 Å². The van der Waals surface area contributed by atoms with E-state index in [1.807, 2.05) is 13.8 Å². The molecule has 1 N–H and O–H groups in total. The highest BCUT2D eigenvalue weighted by atomic mass is 32.2. The molecule has 0 aromatic heterocycles. The van der Waals surface area contributed by atoms with Gasteiger partial charge in [-0.25, -0.2) is 8.42 Å². The van der Waals surface area contributed by atoms with E-state index in [2.05, 4.69) is 0 Å². The quantitative estimate of drug-likeness (QED) is 0.748. The molecule has 1 aliphatic rings. The van der Waals surface area contributed by atoms with Crippen LogP contribution in [0.15, 0.2) is 0 Å². The Morgan fingerprint density at radius 2 is 2.15 bits per heavy atom. The summed E-state index contributed by atoms with van der Waals surface area (Å²) in [6.45, 7) is 3.98. The highest BCUT2D eigenvalue weighted by Gasteiger charge is 2.43. The Morgan fingerprint density at radius 3 is 2.54 bits per heavy atom. The largest absolute Gasteiger partial charge is 0.389 e. The zero-order valence-electron chi connectivity index (χ0n) is 8.28. The van der Waals surface area contributed by atoms with E-state index in [-0.39, 0.29) is 17.4 Å². The third kappa shape index (κ3) is 2.44. The van der Waals surface area contributed by atoms with Crippen LogP contribution in [-0.4, -0.2) is 30.6 Å². The predicted octanol–water partition coefficient (Wildman–Crippen LogP) is 0.972. The minimum atomic E-state index is -2.97. The van der Waals surface area contributed by atoms with Crippen LogP contribution >= 0.6 is 0 Å². The summed E-state index contributed by atoms with van der Waals surface area (Å²) >= 11 is 0. The summed E-state index contributed by atoms with van der Waals surface area (Å²) in [6.07, 6.45) is 2.30. The summed E-state index contributed by atoms with van der Waals surface area (Å²) in [6, 6.07) is 0. The molecular weight excluding hydrogens is 188 g/mol. The minimum absolute atomic E-state index is 0.0405. The Balaban J connectivity index is 2.69. The summed E-state index contributed by atoms with van der Waals surface area (Å²) < 4.78 is 22.4. The first-order valence-corrected chi connectivity index (χ1v) is 6.64. The molecule has 0 amide bonds. The van der Waals surface area contributed by atoms with E-state index in [9.17, 15) is 13.5 Å². The number of hydrogen-bond acceptors (Lipinski definition) is 3. The standard InChI is InChI=1S/C9H18O3S/c1-3-4-8(2)9(10)5-6-13(11,12)7-9/h8,10H,3-7H2,1-2H3. The van der Waals surface area contributed by atoms with E-state index in [4.69, 9.17) is 0 Å². The lowest BCUT2D eigenvalue weighted by atomic mass is 9.85. The van der Waals surface area contributed by atoms with Crippen molar-refractivity contribution >= 4 is 9.84 Å². The molecule has 1 heterocycles. The fourth-order valence-electron chi connectivity index (χ4n) is 1.95. The molecule has 3 nitrogen and oxygen atoms in total. The molecule has 78 valence electrons. The molecule has 2 unspecified atom stereocenters. The van der Waals surface area contributed by atoms with Gasteiger partial charge < -0.3 is 5.11 Å². The van der Waals surface area contributed by atoms with Crippen LogP contribution < -0.4 is 0 Å². The van der Waals surface area contributed by atoms with Gasteiger partial charge >= 0.3 is 0 Å². The predicted molar refractivity (Wildman–Crippen MR) is 52.3 cm³/mol. The van der Waals surface area contributed by atoms with Gasteiger partial charge in [0, 0.05) is 0 Å². The van der Waals surface area contributed by atoms with Crippen LogP contribution in [0.4, 0.5) is 0 Å². The zero-order valence-corrected chi connectivity index (χ0v) is 9.10. The Hall–Kier alpha value is -0.0900. The SMILES string of the molecule is CCCC(C)C1(O)CCS(=O)(=O)C1. The smallest absolute Gasteiger partial charge is 0.153 e. The van der Waals surface area contributed by atoms with Crippen molar-refractivity contribution in [1.29, 1.82) is 0 Å². The molecule has 0 aromatic rings. The highest BCUT2D eigenvalue weighted by Crippen LogP contribution is 2.32. The number of sulfone groups is 1. The second kappa shape index (κ2) is 3.58. The summed E-state index contributed by atoms with van der Waals surface area (Å²) in [5, 5.41) is 10.0. The van der Waals surface area contributed by atoms with Crippen molar-refractivity contribution in [3.8, 4) is 0 Å². The van der Waals surface area contributed by atoms with Crippen molar-refractivity contribution in [2.75, 3.05) is 11.5 Å². The van der Waals surface area contributed by atoms with Crippen molar-refractivity contribution in [3.05, 3.63) is 0 Å². The van der Waals surface area contributed by atoms with Crippen LogP contribution in [0.3, 0.4) is 0 Å². The molecule has 1 fully saturated rings. The zero-order chi connectivity index (χ0) is 10.1. The molecule has 1 aliphatic heterocycles. The lowest BCUT2D eigenvalue weighted by Gasteiger charge is -2.28. The van der Waals surface area contributed by atoms with Gasteiger partial charge in [0.2, 0.25) is 0 Å². The molecule has 13 heavy (non-hydrogen) atoms. The average Bonchev–Trinajstić information content (AvgIpc) is 2.28. The molecular formula is C9H18O3S. The third-order valence-electron chi connectivity index (χ3n) is 2.95. The molecule has 0 saturated carbocycles. The lowest BCUT2D eigenvalue weighted by Crippen LogP contribution is -2.37. The van der Waals surface area contributed by atoms with Gasteiger partial charge in [0.1, 0.15) is 0 Å². The fourth-order valence-corrected chi connectivity index (χ4v) is 3.95. The summed E-state index contributed by atoms with van der Waals surface area (Å²) in [7, 11) is -2.97. The summed E-state index contributed by atoms with van der Waals surface area (Å²) in [5.74, 6) is 0.202. The van der Waals surface area contributed by atoms with E-state index in [0.717, 1.165) is 12.8 Å². The first-order chi connectivity index (χ1) is 5.90. The van der Waals surface area contributed by atoms with Crippen LogP contribution in [0.25, 0.3) is 0 Å². The molecule has 0 aromatic carbocycles. The van der Waals surface area contributed by atoms with Gasteiger partial charge in [-0.3, -0.25) is 0 Å². The molecule has 4 heteroatoms. The Labute approximate surface area is 80.1 Å². The van der Waals surface area contributed by atoms with Crippen molar-refractivity contribution < 1.29 is 13.5 Å². The first-order valence-electron chi connectivity index (χ1n) is 4.82. The Bertz CT molecular complexity index is 271. The second-order valence-corrected chi connectivity index (χ2v) is 6.32. The van der Waals surface area contributed by atoms with Crippen LogP contribution in [0, 0.1) is 5.92 Å². The van der Waals surface area contributed by atoms with E-state index in [0.29, 0.717) is 6.42 Å². The van der Waals surface area contributed by atoms with Crippen LogP contribution in [0.1, 0.15) is 33.1 Å². The van der Waals surface area contributed by atoms with Crippen molar-refractivity contribution in [2.45, 2.75) is 38.7 Å². The van der Waals surface area contributed by atoms with Gasteiger partial charge in [-0.05, 0) is 18.8 Å². The number of aliphatic hydroxyl groups is 1. The van der Waals surface area contributed by atoms with Gasteiger partial charge in [0.15, 0.2) is 9.84 Å². The summed E-state index contributed by atoms with van der Waals surface area (Å²) in [5.41, 5.74) is -0.950. The first kappa shape index (κ1) is 11.0. The van der Waals surface area contributed by atoms with Crippen molar-refractivity contribution in [3.63, 3.8) is 0 Å². The lowest BCUT2D eigenvalue weighted by molar-refractivity contribution is 0.00983. The van der Waals surface area contributed by atoms with E-state index >= 15 is 0 Å². The highest BCUT2D eigenvalue weighted by molar-refractivity contribution is 7.91. The molecule has 0 aliphatic carbocycles. The Morgan fingerprint density at radius 1 is 1.54 bits per heavy atom. The third-order valence-corrected chi connectivity index (χ3v) is 4.72. The monoisotopic (exact) mass is 206 g/mol. The molecule has 1 saturated heterocycles. The maximum atomic E-state index is 11.2. The fraction of sp³-hybridized carbons (Fsp3) is 1.00. The van der Waals surface area contributed by atoms with Gasteiger partial charge in [0.25, 0.3) is 0 Å². The molecule has 0 bridgehead atoms. The second-order valence-electron chi connectivity index (χ2n) is 4.14. The van der Waals surface area contributed by atoms with Crippen molar-refractivity contribution in [1.82, 2.24) is 0 Å². The topological polar surface area (TPSA) is 54.4 Å². The molecule has 0 spiro atoms. The molecule has 0 radical (unpaired) electrons. The van der Waals surface area contributed by atoms with E-state index in [1.165, 1.54) is 0 Å². The molecule has 1 rings (SSSR count). The number of hydrogen-bond donors (Lipinski definition) is 1. The van der Waals surface area contributed by atoms with Gasteiger partial charge in [0.05, 0.1) is 17.1 Å². The van der Waals surface area contributed by atoms with Crippen LogP contribution in [-0.2, 0) is 9.84 Å². The molecule has 2 atom stereocenters. The van der Waals surface area contributed by atoms with E-state index in [1.54, 1.807) is 0 Å². The summed E-state index contributed by atoms with van der Waals surface area (Å²) in [4.78, 5) is 0. The Kier molecular flexibility index (Phi) is 3.02. The van der Waals surface area contributed by atoms with E-state index < -0.39 is 15.4 Å². The van der Waals surface area contributed by atoms with Crippen molar-refractivity contribution in [2.24, 2.45) is 5.92 Å². The van der Waals surface area contributed by atoms with Gasteiger partial charge in [-0.2, -0.15) is 0 Å². The minimum Gasteiger partial charge on any atom is -0.389 e. The number of rotatable bonds is 3. The maximum Gasteiger partial charge on any atom is 0.153 e. The maximum absolute atomic E-state index is 11.2. The average molecular weight is 206 g/mol. The van der Waals surface area contributed by atoms with Crippen LogP contribution in [0.2, 0.25) is 0 Å².